The smallest absolute Gasteiger partial charge is 0.0349 e. The molecule has 1 aromatic carbocycles. The molecule has 0 radical (unpaired) electrons. The number of nitrogen functional groups attached to an aromatic ring is 1. The highest BCUT2D eigenvalue weighted by Crippen LogP contribution is 2.16. The molecule has 2 N–H and O–H groups in total. The fourth-order valence-corrected chi connectivity index (χ4v) is 1.56. The van der Waals surface area contributed by atoms with Gasteiger partial charge in [-0.05, 0) is 36.6 Å². The van der Waals surface area contributed by atoms with Crippen molar-refractivity contribution >= 4 is 11.9 Å². The normalized spacial score (nSPS) is 13.1. The van der Waals surface area contributed by atoms with Crippen LogP contribution in [0.5, 0.6) is 0 Å². The predicted molar refractivity (Wildman–Crippen MR) is 81.0 cm³/mol. The van der Waals surface area contributed by atoms with E-state index in [1.807, 2.05) is 43.4 Å². The van der Waals surface area contributed by atoms with E-state index in [1.54, 1.807) is 13.3 Å². The van der Waals surface area contributed by atoms with Gasteiger partial charge in [-0.2, -0.15) is 0 Å². The van der Waals surface area contributed by atoms with Crippen LogP contribution in [0, 0.1) is 0 Å². The van der Waals surface area contributed by atoms with Crippen LogP contribution in [0.15, 0.2) is 65.2 Å². The molecular formula is C16H20N2. The van der Waals surface area contributed by atoms with Crippen molar-refractivity contribution in [2.75, 3.05) is 12.8 Å². The summed E-state index contributed by atoms with van der Waals surface area (Å²) in [6.07, 6.45) is 12.7. The Morgan fingerprint density at radius 2 is 2.06 bits per heavy atom. The fourth-order valence-electron chi connectivity index (χ4n) is 1.56. The third kappa shape index (κ3) is 4.83. The molecule has 0 saturated heterocycles. The third-order valence-corrected chi connectivity index (χ3v) is 2.50. The monoisotopic (exact) mass is 240 g/mol. The quantitative estimate of drug-likeness (QED) is 0.477. The standard InChI is InChI=1S/C16H20N2/c1-3-4-8-14(9-7-12-18-2)13-15-10-5-6-11-16(15)17/h3-12H,13,17H2,1-2H3/b4-3-,9-7+,14-8-,18-12+. The summed E-state index contributed by atoms with van der Waals surface area (Å²) in [6, 6.07) is 7.95. The second-order valence-electron chi connectivity index (χ2n) is 3.91. The van der Waals surface area contributed by atoms with E-state index in [0.29, 0.717) is 0 Å². The van der Waals surface area contributed by atoms with Gasteiger partial charge in [-0.25, -0.2) is 0 Å². The van der Waals surface area contributed by atoms with Crippen LogP contribution in [0.25, 0.3) is 0 Å². The summed E-state index contributed by atoms with van der Waals surface area (Å²) < 4.78 is 0. The minimum atomic E-state index is 0.824. The van der Waals surface area contributed by atoms with Gasteiger partial charge in [-0.1, -0.05) is 42.5 Å². The number of nitrogens with two attached hydrogens (primary N) is 1. The SMILES string of the molecule is C\C=C/C=C(/C=C/C=N/C)Cc1ccccc1N. The zero-order valence-electron chi connectivity index (χ0n) is 11.0. The minimum absolute atomic E-state index is 0.824. The summed E-state index contributed by atoms with van der Waals surface area (Å²) >= 11 is 0. The van der Waals surface area contributed by atoms with E-state index in [1.165, 1.54) is 5.57 Å². The molecule has 0 aromatic heterocycles. The number of benzene rings is 1. The zero-order chi connectivity index (χ0) is 13.2. The number of nitrogens with zero attached hydrogens (tertiary/aromatic N) is 1. The second kappa shape index (κ2) is 8.07. The first-order valence-corrected chi connectivity index (χ1v) is 6.02. The molecule has 0 saturated carbocycles. The molecule has 0 aliphatic heterocycles. The molecule has 1 rings (SSSR count). The Morgan fingerprint density at radius 3 is 2.72 bits per heavy atom. The second-order valence-corrected chi connectivity index (χ2v) is 3.91. The molecule has 0 unspecified atom stereocenters. The lowest BCUT2D eigenvalue weighted by molar-refractivity contribution is 1.20. The highest BCUT2D eigenvalue weighted by atomic mass is 14.6. The van der Waals surface area contributed by atoms with Crippen LogP contribution in [0.2, 0.25) is 0 Å². The molecule has 18 heavy (non-hydrogen) atoms. The molecule has 0 fully saturated rings. The molecule has 94 valence electrons. The van der Waals surface area contributed by atoms with Crippen molar-refractivity contribution in [2.45, 2.75) is 13.3 Å². The van der Waals surface area contributed by atoms with E-state index in [4.69, 9.17) is 5.73 Å². The Labute approximate surface area is 109 Å². The lowest BCUT2D eigenvalue weighted by Gasteiger charge is -2.05. The number of hydrogen-bond donors (Lipinski definition) is 1. The summed E-state index contributed by atoms with van der Waals surface area (Å²) in [4.78, 5) is 3.93. The van der Waals surface area contributed by atoms with E-state index in [-0.39, 0.29) is 0 Å². The van der Waals surface area contributed by atoms with Crippen molar-refractivity contribution in [3.05, 3.63) is 65.8 Å². The Kier molecular flexibility index (Phi) is 6.26. The summed E-state index contributed by atoms with van der Waals surface area (Å²) in [5.74, 6) is 0. The average molecular weight is 240 g/mol. The molecular weight excluding hydrogens is 220 g/mol. The molecule has 0 heterocycles. The first-order chi connectivity index (χ1) is 8.77. The maximum Gasteiger partial charge on any atom is 0.0349 e. The summed E-state index contributed by atoms with van der Waals surface area (Å²) in [6.45, 7) is 2.00. The van der Waals surface area contributed by atoms with Crippen LogP contribution in [0.3, 0.4) is 0 Å². The Morgan fingerprint density at radius 1 is 1.28 bits per heavy atom. The third-order valence-electron chi connectivity index (χ3n) is 2.50. The molecule has 2 heteroatoms. The summed E-state index contributed by atoms with van der Waals surface area (Å²) in [5.41, 5.74) is 9.14. The van der Waals surface area contributed by atoms with Crippen LogP contribution < -0.4 is 5.73 Å². The zero-order valence-corrected chi connectivity index (χ0v) is 11.0. The van der Waals surface area contributed by atoms with Crippen molar-refractivity contribution in [1.29, 1.82) is 0 Å². The van der Waals surface area contributed by atoms with Crippen molar-refractivity contribution in [3.63, 3.8) is 0 Å². The number of anilines is 1. The number of allylic oxidation sites excluding steroid dienone is 6. The maximum atomic E-state index is 5.96. The minimum Gasteiger partial charge on any atom is -0.398 e. The largest absolute Gasteiger partial charge is 0.398 e. The van der Waals surface area contributed by atoms with Crippen LogP contribution in [-0.2, 0) is 6.42 Å². The van der Waals surface area contributed by atoms with Gasteiger partial charge in [0.25, 0.3) is 0 Å². The number of aliphatic imine (C=N–C) groups is 1. The van der Waals surface area contributed by atoms with E-state index in [0.717, 1.165) is 17.7 Å². The van der Waals surface area contributed by atoms with Gasteiger partial charge >= 0.3 is 0 Å². The predicted octanol–water partition coefficient (Wildman–Crippen LogP) is 3.57. The van der Waals surface area contributed by atoms with Gasteiger partial charge in [-0.15, -0.1) is 0 Å². The number of hydrogen-bond acceptors (Lipinski definition) is 2. The van der Waals surface area contributed by atoms with Crippen molar-refractivity contribution in [3.8, 4) is 0 Å². The van der Waals surface area contributed by atoms with Gasteiger partial charge in [0.15, 0.2) is 0 Å². The molecule has 0 atom stereocenters. The van der Waals surface area contributed by atoms with Crippen LogP contribution >= 0.6 is 0 Å². The highest BCUT2D eigenvalue weighted by Gasteiger charge is 1.99. The van der Waals surface area contributed by atoms with E-state index >= 15 is 0 Å². The molecule has 1 aromatic rings. The molecule has 0 aliphatic rings. The van der Waals surface area contributed by atoms with Gasteiger partial charge in [-0.3, -0.25) is 4.99 Å². The van der Waals surface area contributed by atoms with E-state index in [2.05, 4.69) is 23.2 Å². The molecule has 0 aliphatic carbocycles. The Hall–Kier alpha value is -2.09. The van der Waals surface area contributed by atoms with Gasteiger partial charge in [0.1, 0.15) is 0 Å². The number of rotatable bonds is 5. The van der Waals surface area contributed by atoms with E-state index in [9.17, 15) is 0 Å². The average Bonchev–Trinajstić information content (AvgIpc) is 2.38. The van der Waals surface area contributed by atoms with E-state index < -0.39 is 0 Å². The van der Waals surface area contributed by atoms with Gasteiger partial charge < -0.3 is 5.73 Å². The fraction of sp³-hybridized carbons (Fsp3) is 0.188. The molecule has 0 amide bonds. The molecule has 2 nitrogen and oxygen atoms in total. The summed E-state index contributed by atoms with van der Waals surface area (Å²) in [7, 11) is 1.76. The van der Waals surface area contributed by atoms with Crippen molar-refractivity contribution < 1.29 is 0 Å². The topological polar surface area (TPSA) is 38.4 Å². The van der Waals surface area contributed by atoms with Gasteiger partial charge in [0.05, 0.1) is 0 Å². The summed E-state index contributed by atoms with van der Waals surface area (Å²) in [5, 5.41) is 0. The maximum absolute atomic E-state index is 5.96. The van der Waals surface area contributed by atoms with Gasteiger partial charge in [0.2, 0.25) is 0 Å². The van der Waals surface area contributed by atoms with Crippen LogP contribution in [0.1, 0.15) is 12.5 Å². The van der Waals surface area contributed by atoms with Gasteiger partial charge in [0, 0.05) is 18.9 Å². The number of para-hydroxylation sites is 1. The lowest BCUT2D eigenvalue weighted by atomic mass is 10.0. The van der Waals surface area contributed by atoms with Crippen molar-refractivity contribution in [2.24, 2.45) is 4.99 Å². The molecule has 0 bridgehead atoms. The molecule has 0 spiro atoms. The highest BCUT2D eigenvalue weighted by molar-refractivity contribution is 5.71. The van der Waals surface area contributed by atoms with Crippen LogP contribution in [0.4, 0.5) is 5.69 Å². The first kappa shape index (κ1) is 14.0. The van der Waals surface area contributed by atoms with Crippen molar-refractivity contribution in [1.82, 2.24) is 0 Å². The lowest BCUT2D eigenvalue weighted by Crippen LogP contribution is -1.95. The Balaban J connectivity index is 2.88. The first-order valence-electron chi connectivity index (χ1n) is 6.02. The Bertz CT molecular complexity index is 480. The van der Waals surface area contributed by atoms with Crippen LogP contribution in [-0.4, -0.2) is 13.3 Å².